The van der Waals surface area contributed by atoms with Crippen LogP contribution in [0.15, 0.2) is 24.3 Å². The zero-order chi connectivity index (χ0) is 25.9. The molecule has 0 spiro atoms. The van der Waals surface area contributed by atoms with Crippen molar-refractivity contribution in [2.45, 2.75) is 64.7 Å². The highest BCUT2D eigenvalue weighted by molar-refractivity contribution is 5.77. The van der Waals surface area contributed by atoms with E-state index in [1.54, 1.807) is 43.2 Å². The topological polar surface area (TPSA) is 73.7 Å². The lowest BCUT2D eigenvalue weighted by Gasteiger charge is -2.31. The molecule has 36 heavy (non-hydrogen) atoms. The van der Waals surface area contributed by atoms with E-state index in [9.17, 15) is 22.8 Å². The van der Waals surface area contributed by atoms with Crippen molar-refractivity contribution in [1.29, 1.82) is 0 Å². The molecule has 0 saturated heterocycles. The van der Waals surface area contributed by atoms with Crippen molar-refractivity contribution in [2.24, 2.45) is 11.8 Å². The van der Waals surface area contributed by atoms with E-state index in [-0.39, 0.29) is 55.3 Å². The molecule has 2 heterocycles. The van der Waals surface area contributed by atoms with Gasteiger partial charge in [0.15, 0.2) is 5.69 Å². The van der Waals surface area contributed by atoms with Gasteiger partial charge in [-0.2, -0.15) is 18.3 Å². The predicted molar refractivity (Wildman–Crippen MR) is 125 cm³/mol. The van der Waals surface area contributed by atoms with Crippen LogP contribution in [-0.2, 0) is 40.0 Å². The summed E-state index contributed by atoms with van der Waals surface area (Å²) >= 11 is 0. The Kier molecular flexibility index (Phi) is 7.90. The molecular weight excluding hydrogens is 475 g/mol. The van der Waals surface area contributed by atoms with Crippen LogP contribution in [0.2, 0.25) is 0 Å². The minimum atomic E-state index is -4.56. The van der Waals surface area contributed by atoms with Gasteiger partial charge in [-0.05, 0) is 62.6 Å². The van der Waals surface area contributed by atoms with Crippen LogP contribution in [0.4, 0.5) is 13.2 Å². The second-order valence-corrected chi connectivity index (χ2v) is 9.52. The van der Waals surface area contributed by atoms with Gasteiger partial charge in [0.25, 0.3) is 0 Å². The van der Waals surface area contributed by atoms with Crippen LogP contribution in [0.3, 0.4) is 0 Å². The van der Waals surface area contributed by atoms with Crippen LogP contribution in [0, 0.1) is 11.8 Å². The minimum absolute atomic E-state index is 0.0639. The average Bonchev–Trinajstić information content (AvgIpc) is 3.23. The quantitative estimate of drug-likeness (QED) is 0.512. The summed E-state index contributed by atoms with van der Waals surface area (Å²) in [7, 11) is 1.55. The molecule has 0 bridgehead atoms. The zero-order valence-electron chi connectivity index (χ0n) is 20.6. The summed E-state index contributed by atoms with van der Waals surface area (Å²) in [5.41, 5.74) is 0.533. The molecule has 1 aromatic carbocycles. The number of rotatable bonds is 7. The van der Waals surface area contributed by atoms with Crippen LogP contribution in [0.5, 0.6) is 5.75 Å². The molecule has 2 aromatic rings. The van der Waals surface area contributed by atoms with Crippen molar-refractivity contribution in [3.05, 3.63) is 46.8 Å². The molecule has 4 rings (SSSR count). The van der Waals surface area contributed by atoms with Gasteiger partial charge >= 0.3 is 12.1 Å². The van der Waals surface area contributed by atoms with E-state index in [4.69, 9.17) is 9.47 Å². The largest absolute Gasteiger partial charge is 0.497 e. The monoisotopic (exact) mass is 507 g/mol. The maximum absolute atomic E-state index is 13.7. The molecule has 2 aliphatic rings. The summed E-state index contributed by atoms with van der Waals surface area (Å²) in [6, 6.07) is 7.09. The van der Waals surface area contributed by atoms with E-state index in [1.807, 2.05) is 0 Å². The summed E-state index contributed by atoms with van der Waals surface area (Å²) < 4.78 is 52.8. The third-order valence-electron chi connectivity index (χ3n) is 7.18. The van der Waals surface area contributed by atoms with Crippen LogP contribution in [0.25, 0.3) is 0 Å². The molecule has 1 aliphatic heterocycles. The molecule has 0 radical (unpaired) electrons. The Morgan fingerprint density at radius 2 is 1.81 bits per heavy atom. The number of amides is 1. The summed E-state index contributed by atoms with van der Waals surface area (Å²) in [4.78, 5) is 26.7. The molecule has 1 aromatic heterocycles. The number of hydrogen-bond acceptors (Lipinski definition) is 5. The normalized spacial score (nSPS) is 20.1. The minimum Gasteiger partial charge on any atom is -0.497 e. The number of halogens is 3. The Bertz CT molecular complexity index is 1070. The van der Waals surface area contributed by atoms with Crippen molar-refractivity contribution < 1.29 is 32.2 Å². The number of carbonyl (C=O) groups is 2. The molecule has 0 unspecified atom stereocenters. The number of carbonyl (C=O) groups excluding carboxylic acids is 2. The standard InChI is InChI=1S/C26H32F3N3O4/c1-3-36-25(34)19-8-4-17(5-9-19)14-23(33)31-13-12-21-22(16-31)32(30-24(21)26(27,28)29)15-18-6-10-20(35-2)11-7-18/h6-7,10-11,17,19H,3-5,8-9,12-16H2,1-2H3. The number of hydrogen-bond donors (Lipinski definition) is 0. The molecule has 1 aliphatic carbocycles. The summed E-state index contributed by atoms with van der Waals surface area (Å²) in [6.45, 7) is 2.65. The number of ether oxygens (including phenoxy) is 2. The van der Waals surface area contributed by atoms with Crippen molar-refractivity contribution in [3.63, 3.8) is 0 Å². The molecule has 0 atom stereocenters. The van der Waals surface area contributed by atoms with Gasteiger partial charge < -0.3 is 14.4 Å². The summed E-state index contributed by atoms with van der Waals surface area (Å²) in [6.07, 6.45) is -1.17. The molecule has 0 N–H and O–H groups in total. The Hall–Kier alpha value is -3.04. The van der Waals surface area contributed by atoms with Gasteiger partial charge in [0.05, 0.1) is 38.4 Å². The van der Waals surface area contributed by atoms with E-state index in [0.717, 1.165) is 18.4 Å². The summed E-state index contributed by atoms with van der Waals surface area (Å²) in [5.74, 6) is 0.481. The van der Waals surface area contributed by atoms with Gasteiger partial charge in [-0.25, -0.2) is 0 Å². The van der Waals surface area contributed by atoms with E-state index < -0.39 is 11.9 Å². The maximum Gasteiger partial charge on any atom is 0.435 e. The van der Waals surface area contributed by atoms with E-state index in [2.05, 4.69) is 5.10 Å². The van der Waals surface area contributed by atoms with Crippen molar-refractivity contribution in [1.82, 2.24) is 14.7 Å². The molecule has 1 fully saturated rings. The Morgan fingerprint density at radius 3 is 2.42 bits per heavy atom. The van der Waals surface area contributed by atoms with Crippen LogP contribution < -0.4 is 4.74 Å². The van der Waals surface area contributed by atoms with E-state index >= 15 is 0 Å². The van der Waals surface area contributed by atoms with Crippen molar-refractivity contribution >= 4 is 11.9 Å². The van der Waals surface area contributed by atoms with Gasteiger partial charge in [-0.3, -0.25) is 14.3 Å². The molecule has 1 amide bonds. The second kappa shape index (κ2) is 10.9. The van der Waals surface area contributed by atoms with Crippen LogP contribution in [0.1, 0.15) is 61.5 Å². The first kappa shape index (κ1) is 26.0. The predicted octanol–water partition coefficient (Wildman–Crippen LogP) is 4.60. The van der Waals surface area contributed by atoms with Gasteiger partial charge in [0.1, 0.15) is 5.75 Å². The number of esters is 1. The lowest BCUT2D eigenvalue weighted by molar-refractivity contribution is -0.149. The number of alkyl halides is 3. The fourth-order valence-electron chi connectivity index (χ4n) is 5.19. The number of fused-ring (bicyclic) bond motifs is 1. The molecule has 10 heteroatoms. The second-order valence-electron chi connectivity index (χ2n) is 9.52. The molecular formula is C26H32F3N3O4. The molecule has 7 nitrogen and oxygen atoms in total. The highest BCUT2D eigenvalue weighted by atomic mass is 19.4. The smallest absolute Gasteiger partial charge is 0.435 e. The Morgan fingerprint density at radius 1 is 1.11 bits per heavy atom. The van der Waals surface area contributed by atoms with Gasteiger partial charge in [0.2, 0.25) is 5.91 Å². The number of benzene rings is 1. The Labute approximate surface area is 208 Å². The first-order chi connectivity index (χ1) is 17.2. The van der Waals surface area contributed by atoms with E-state index in [1.165, 1.54) is 4.68 Å². The lowest BCUT2D eigenvalue weighted by Crippen LogP contribution is -2.38. The van der Waals surface area contributed by atoms with Gasteiger partial charge in [0, 0.05) is 18.5 Å². The van der Waals surface area contributed by atoms with Crippen LogP contribution in [-0.4, -0.2) is 46.8 Å². The maximum atomic E-state index is 13.7. The highest BCUT2D eigenvalue weighted by Crippen LogP contribution is 2.36. The number of methoxy groups -OCH3 is 1. The highest BCUT2D eigenvalue weighted by Gasteiger charge is 2.41. The lowest BCUT2D eigenvalue weighted by atomic mass is 9.80. The fraction of sp³-hybridized carbons (Fsp3) is 0.577. The third-order valence-corrected chi connectivity index (χ3v) is 7.18. The zero-order valence-corrected chi connectivity index (χ0v) is 20.6. The molecule has 196 valence electrons. The third kappa shape index (κ3) is 5.84. The Balaban J connectivity index is 1.44. The average molecular weight is 508 g/mol. The summed E-state index contributed by atoms with van der Waals surface area (Å²) in [5, 5.41) is 3.93. The number of aromatic nitrogens is 2. The number of nitrogens with zero attached hydrogens (tertiary/aromatic N) is 3. The van der Waals surface area contributed by atoms with Gasteiger partial charge in [-0.15, -0.1) is 0 Å². The molecule has 1 saturated carbocycles. The first-order valence-electron chi connectivity index (χ1n) is 12.4. The van der Waals surface area contributed by atoms with E-state index in [0.29, 0.717) is 37.3 Å². The van der Waals surface area contributed by atoms with Gasteiger partial charge in [-0.1, -0.05) is 12.1 Å². The fourth-order valence-corrected chi connectivity index (χ4v) is 5.19. The van der Waals surface area contributed by atoms with Crippen molar-refractivity contribution in [3.8, 4) is 5.75 Å². The van der Waals surface area contributed by atoms with Crippen LogP contribution >= 0.6 is 0 Å². The first-order valence-corrected chi connectivity index (χ1v) is 12.4. The SMILES string of the molecule is CCOC(=O)C1CCC(CC(=O)N2CCc3c(C(F)(F)F)nn(Cc4ccc(OC)cc4)c3C2)CC1. The van der Waals surface area contributed by atoms with Crippen molar-refractivity contribution in [2.75, 3.05) is 20.3 Å².